The Hall–Kier alpha value is -0.550. The average Bonchev–Trinajstić information content (AvgIpc) is 2.62. The van der Waals surface area contributed by atoms with Crippen LogP contribution in [0.15, 0.2) is 0 Å². The van der Waals surface area contributed by atoms with E-state index in [4.69, 9.17) is 0 Å². The Balaban J connectivity index is 2.93. The number of ether oxygens (including phenoxy) is 1. The highest BCUT2D eigenvalue weighted by Crippen LogP contribution is 2.35. The van der Waals surface area contributed by atoms with Gasteiger partial charge < -0.3 is 4.74 Å². The molecule has 108 valence electrons. The van der Waals surface area contributed by atoms with E-state index in [1.165, 1.54) is 0 Å². The maximum Gasteiger partial charge on any atom is 0.523 e. The van der Waals surface area contributed by atoms with Crippen molar-refractivity contribution in [3.8, 4) is 0 Å². The van der Waals surface area contributed by atoms with E-state index in [1.54, 1.807) is 0 Å². The summed E-state index contributed by atoms with van der Waals surface area (Å²) in [5.74, 6) is 0. The van der Waals surface area contributed by atoms with Crippen molar-refractivity contribution in [1.82, 2.24) is 0 Å². The second-order valence-electron chi connectivity index (χ2n) is 3.51. The van der Waals surface area contributed by atoms with Crippen molar-refractivity contribution < 1.29 is 43.7 Å². The summed E-state index contributed by atoms with van der Waals surface area (Å²) in [5, 5.41) is 0. The lowest BCUT2D eigenvalue weighted by Gasteiger charge is -2.25. The Morgan fingerprint density at radius 1 is 1.17 bits per heavy atom. The van der Waals surface area contributed by atoms with E-state index in [2.05, 4.69) is 8.92 Å². The summed E-state index contributed by atoms with van der Waals surface area (Å²) in [6, 6.07) is 0. The Morgan fingerprint density at radius 3 is 2.06 bits per heavy atom. The molecule has 0 bridgehead atoms. The third kappa shape index (κ3) is 3.48. The predicted octanol–water partition coefficient (Wildman–Crippen LogP) is 1.96. The maximum atomic E-state index is 12.5. The maximum absolute atomic E-state index is 12.5. The van der Waals surface area contributed by atoms with Crippen LogP contribution in [0, 0.1) is 0 Å². The smallest absolute Gasteiger partial charge is 0.375 e. The Labute approximate surface area is 98.0 Å². The number of hydrogen-bond donors (Lipinski definition) is 0. The highest BCUT2D eigenvalue weighted by molar-refractivity contribution is 7.87. The highest BCUT2D eigenvalue weighted by atomic mass is 32.2. The molecule has 11 heteroatoms. The molecule has 0 unspecified atom stereocenters. The number of halogens is 6. The van der Waals surface area contributed by atoms with Crippen LogP contribution in [0.4, 0.5) is 26.3 Å². The van der Waals surface area contributed by atoms with Crippen molar-refractivity contribution in [2.24, 2.45) is 0 Å². The van der Waals surface area contributed by atoms with Crippen LogP contribution in [0.5, 0.6) is 0 Å². The van der Waals surface area contributed by atoms with Gasteiger partial charge in [-0.3, -0.25) is 0 Å². The van der Waals surface area contributed by atoms with E-state index in [1.807, 2.05) is 0 Å². The molecule has 0 aliphatic carbocycles. The van der Waals surface area contributed by atoms with Crippen LogP contribution < -0.4 is 0 Å². The standard InChI is InChI=1S/C7H8F6O4S/c8-6(9,10)5(4-2-1-3-16-4)17-18(14,15)7(11,12)13/h4-5H,1-3H2/t4-,5+/m0/s1. The first-order valence-corrected chi connectivity index (χ1v) is 6.04. The number of rotatable bonds is 3. The fraction of sp³-hybridized carbons (Fsp3) is 1.00. The second kappa shape index (κ2) is 4.85. The van der Waals surface area contributed by atoms with E-state index >= 15 is 0 Å². The molecule has 2 atom stereocenters. The molecule has 18 heavy (non-hydrogen) atoms. The van der Waals surface area contributed by atoms with Gasteiger partial charge in [0.1, 0.15) is 0 Å². The van der Waals surface area contributed by atoms with Crippen LogP contribution >= 0.6 is 0 Å². The fourth-order valence-electron chi connectivity index (χ4n) is 1.36. The van der Waals surface area contributed by atoms with Gasteiger partial charge in [-0.15, -0.1) is 0 Å². The van der Waals surface area contributed by atoms with Crippen molar-refractivity contribution >= 4 is 10.1 Å². The van der Waals surface area contributed by atoms with Crippen molar-refractivity contribution in [3.05, 3.63) is 0 Å². The first kappa shape index (κ1) is 15.5. The fourth-order valence-corrected chi connectivity index (χ4v) is 1.97. The molecule has 0 saturated carbocycles. The van der Waals surface area contributed by atoms with Gasteiger partial charge in [-0.25, -0.2) is 4.18 Å². The van der Waals surface area contributed by atoms with Crippen molar-refractivity contribution in [3.63, 3.8) is 0 Å². The largest absolute Gasteiger partial charge is 0.523 e. The molecule has 0 aromatic carbocycles. The Kier molecular flexibility index (Phi) is 4.18. The first-order chi connectivity index (χ1) is 7.95. The third-order valence-electron chi connectivity index (χ3n) is 2.14. The molecule has 0 N–H and O–H groups in total. The van der Waals surface area contributed by atoms with E-state index < -0.39 is 34.0 Å². The topological polar surface area (TPSA) is 52.6 Å². The molecule has 4 nitrogen and oxygen atoms in total. The van der Waals surface area contributed by atoms with E-state index in [-0.39, 0.29) is 19.4 Å². The molecule has 1 fully saturated rings. The van der Waals surface area contributed by atoms with Gasteiger partial charge in [-0.05, 0) is 12.8 Å². The SMILES string of the molecule is O=S(=O)(O[C@H]([C@@H]1CCCO1)C(F)(F)F)C(F)(F)F. The molecule has 1 aliphatic heterocycles. The summed E-state index contributed by atoms with van der Waals surface area (Å²) in [4.78, 5) is 0. The zero-order chi connectivity index (χ0) is 14.2. The molecule has 0 amide bonds. The molecule has 0 radical (unpaired) electrons. The van der Waals surface area contributed by atoms with Crippen LogP contribution in [0.1, 0.15) is 12.8 Å². The van der Waals surface area contributed by atoms with Crippen LogP contribution in [0.3, 0.4) is 0 Å². The lowest BCUT2D eigenvalue weighted by molar-refractivity contribution is -0.223. The number of hydrogen-bond acceptors (Lipinski definition) is 4. The molecule has 0 spiro atoms. The highest BCUT2D eigenvalue weighted by Gasteiger charge is 2.56. The summed E-state index contributed by atoms with van der Waals surface area (Å²) >= 11 is 0. The zero-order valence-corrected chi connectivity index (χ0v) is 9.40. The molecule has 1 rings (SSSR count). The normalized spacial score (nSPS) is 24.2. The second-order valence-corrected chi connectivity index (χ2v) is 5.07. The zero-order valence-electron chi connectivity index (χ0n) is 8.59. The lowest BCUT2D eigenvalue weighted by Crippen LogP contribution is -2.45. The van der Waals surface area contributed by atoms with Gasteiger partial charge >= 0.3 is 21.8 Å². The van der Waals surface area contributed by atoms with Gasteiger partial charge in [-0.2, -0.15) is 34.8 Å². The average molecular weight is 302 g/mol. The van der Waals surface area contributed by atoms with Crippen LogP contribution in [0.25, 0.3) is 0 Å². The van der Waals surface area contributed by atoms with Gasteiger partial charge in [0.15, 0.2) is 6.10 Å². The Morgan fingerprint density at radius 2 is 1.72 bits per heavy atom. The summed E-state index contributed by atoms with van der Waals surface area (Å²) in [7, 11) is -6.32. The van der Waals surface area contributed by atoms with Crippen molar-refractivity contribution in [1.29, 1.82) is 0 Å². The minimum atomic E-state index is -6.32. The summed E-state index contributed by atoms with van der Waals surface area (Å²) in [5.41, 5.74) is -5.91. The molecule has 0 aromatic rings. The summed E-state index contributed by atoms with van der Waals surface area (Å²) in [6.45, 7) is -0.0906. The van der Waals surface area contributed by atoms with Gasteiger partial charge in [-0.1, -0.05) is 0 Å². The third-order valence-corrected chi connectivity index (χ3v) is 3.17. The molecular weight excluding hydrogens is 294 g/mol. The lowest BCUT2D eigenvalue weighted by atomic mass is 10.1. The predicted molar refractivity (Wildman–Crippen MR) is 44.9 cm³/mol. The Bertz CT molecular complexity index is 380. The van der Waals surface area contributed by atoms with Crippen LogP contribution in [0.2, 0.25) is 0 Å². The monoisotopic (exact) mass is 302 g/mol. The van der Waals surface area contributed by atoms with E-state index in [0.29, 0.717) is 0 Å². The number of alkyl halides is 6. The first-order valence-electron chi connectivity index (χ1n) is 4.63. The van der Waals surface area contributed by atoms with Crippen molar-refractivity contribution in [2.75, 3.05) is 6.61 Å². The van der Waals surface area contributed by atoms with Crippen LogP contribution in [-0.4, -0.2) is 38.9 Å². The van der Waals surface area contributed by atoms with E-state index in [9.17, 15) is 34.8 Å². The molecule has 1 heterocycles. The van der Waals surface area contributed by atoms with Gasteiger partial charge in [0.05, 0.1) is 6.10 Å². The molecular formula is C7H8F6O4S. The molecule has 1 aliphatic rings. The summed E-state index contributed by atoms with van der Waals surface area (Å²) < 4.78 is 102. The van der Waals surface area contributed by atoms with E-state index in [0.717, 1.165) is 0 Å². The minimum absolute atomic E-state index is 0.0906. The minimum Gasteiger partial charge on any atom is -0.375 e. The molecule has 0 aromatic heterocycles. The van der Waals surface area contributed by atoms with Gasteiger partial charge in [0.25, 0.3) is 0 Å². The van der Waals surface area contributed by atoms with Crippen LogP contribution in [-0.2, 0) is 19.0 Å². The summed E-state index contributed by atoms with van der Waals surface area (Å²) in [6.07, 6.45) is -10.2. The van der Waals surface area contributed by atoms with Gasteiger partial charge in [0.2, 0.25) is 0 Å². The quantitative estimate of drug-likeness (QED) is 0.454. The van der Waals surface area contributed by atoms with Gasteiger partial charge in [0, 0.05) is 6.61 Å². The van der Waals surface area contributed by atoms with Crippen molar-refractivity contribution in [2.45, 2.75) is 36.7 Å². The molecule has 1 saturated heterocycles.